The van der Waals surface area contributed by atoms with Crippen LogP contribution in [0.4, 0.5) is 16.0 Å². The van der Waals surface area contributed by atoms with Crippen molar-refractivity contribution < 1.29 is 4.39 Å². The number of aryl methyl sites for hydroxylation is 1. The van der Waals surface area contributed by atoms with Crippen molar-refractivity contribution in [2.45, 2.75) is 33.7 Å². The van der Waals surface area contributed by atoms with E-state index < -0.39 is 0 Å². The van der Waals surface area contributed by atoms with E-state index in [1.165, 1.54) is 12.1 Å². The number of nitrogens with zero attached hydrogens (tertiary/aromatic N) is 2. The van der Waals surface area contributed by atoms with Gasteiger partial charge in [-0.3, -0.25) is 0 Å². The molecule has 0 spiro atoms. The summed E-state index contributed by atoms with van der Waals surface area (Å²) in [6.45, 7) is 8.64. The van der Waals surface area contributed by atoms with E-state index in [0.717, 1.165) is 29.3 Å². The molecule has 0 radical (unpaired) electrons. The van der Waals surface area contributed by atoms with Crippen LogP contribution in [0.5, 0.6) is 0 Å². The number of halogens is 1. The first-order valence-corrected chi connectivity index (χ1v) is 7.12. The maximum absolute atomic E-state index is 13.3. The Bertz CT molecular complexity index is 628. The Morgan fingerprint density at radius 1 is 1.19 bits per heavy atom. The van der Waals surface area contributed by atoms with Crippen LogP contribution in [-0.4, -0.2) is 16.5 Å². The lowest BCUT2D eigenvalue weighted by molar-refractivity contribution is 0.623. The number of anilines is 2. The van der Waals surface area contributed by atoms with Crippen molar-refractivity contribution in [2.75, 3.05) is 17.2 Å². The number of aromatic nitrogens is 2. The molecule has 0 fully saturated rings. The molecule has 1 heterocycles. The fraction of sp³-hybridized carbons (Fsp3) is 0.375. The van der Waals surface area contributed by atoms with E-state index in [-0.39, 0.29) is 11.9 Å². The fourth-order valence-electron chi connectivity index (χ4n) is 2.17. The highest BCUT2D eigenvalue weighted by Crippen LogP contribution is 2.24. The summed E-state index contributed by atoms with van der Waals surface area (Å²) in [7, 11) is 0. The lowest BCUT2D eigenvalue weighted by atomic mass is 10.1. The van der Waals surface area contributed by atoms with E-state index in [1.807, 2.05) is 33.8 Å². The first-order valence-electron chi connectivity index (χ1n) is 7.12. The molecule has 0 aliphatic rings. The highest BCUT2D eigenvalue weighted by Gasteiger charge is 2.12. The van der Waals surface area contributed by atoms with Gasteiger partial charge in [-0.2, -0.15) is 0 Å². The number of nitrogens with one attached hydrogen (secondary N) is 2. The average Bonchev–Trinajstić information content (AvgIpc) is 2.44. The smallest absolute Gasteiger partial charge is 0.135 e. The van der Waals surface area contributed by atoms with Gasteiger partial charge in [-0.15, -0.1) is 0 Å². The van der Waals surface area contributed by atoms with E-state index >= 15 is 0 Å². The normalized spacial score (nSPS) is 12.0. The second kappa shape index (κ2) is 6.52. The lowest BCUT2D eigenvalue weighted by Crippen LogP contribution is -2.13. The van der Waals surface area contributed by atoms with Gasteiger partial charge in [-0.25, -0.2) is 14.4 Å². The van der Waals surface area contributed by atoms with Crippen molar-refractivity contribution in [3.63, 3.8) is 0 Å². The first-order chi connectivity index (χ1) is 10.0. The molecule has 1 aromatic heterocycles. The monoisotopic (exact) mass is 288 g/mol. The zero-order valence-electron chi connectivity index (χ0n) is 12.9. The molecule has 1 atom stereocenters. The number of hydrogen-bond acceptors (Lipinski definition) is 4. The predicted molar refractivity (Wildman–Crippen MR) is 84.1 cm³/mol. The summed E-state index contributed by atoms with van der Waals surface area (Å²) >= 11 is 0. The molecule has 0 aliphatic heterocycles. The van der Waals surface area contributed by atoms with Crippen molar-refractivity contribution >= 4 is 11.6 Å². The summed E-state index contributed by atoms with van der Waals surface area (Å²) in [5.41, 5.74) is 1.85. The van der Waals surface area contributed by atoms with Crippen LogP contribution in [-0.2, 0) is 0 Å². The van der Waals surface area contributed by atoms with Gasteiger partial charge in [0.2, 0.25) is 0 Å². The molecule has 2 rings (SSSR count). The van der Waals surface area contributed by atoms with Gasteiger partial charge in [0.15, 0.2) is 0 Å². The fourth-order valence-corrected chi connectivity index (χ4v) is 2.17. The molecule has 0 saturated heterocycles. The Balaban J connectivity index is 2.26. The Labute approximate surface area is 124 Å². The quantitative estimate of drug-likeness (QED) is 0.877. The van der Waals surface area contributed by atoms with Crippen molar-refractivity contribution in [1.82, 2.24) is 9.97 Å². The second-order valence-electron chi connectivity index (χ2n) is 5.04. The molecule has 0 saturated carbocycles. The zero-order valence-corrected chi connectivity index (χ0v) is 12.9. The molecule has 0 aliphatic carbocycles. The number of benzene rings is 1. The van der Waals surface area contributed by atoms with Gasteiger partial charge in [0, 0.05) is 12.1 Å². The molecular formula is C16H21FN4. The molecule has 0 bridgehead atoms. The molecular weight excluding hydrogens is 267 g/mol. The third-order valence-corrected chi connectivity index (χ3v) is 3.30. The van der Waals surface area contributed by atoms with Gasteiger partial charge in [-0.1, -0.05) is 12.1 Å². The standard InChI is InChI=1S/C16H21FN4/c1-5-18-15-10(2)16(21-12(4)20-15)19-11(3)13-7-6-8-14(17)9-13/h6-9,11H,5H2,1-4H3,(H2,18,19,20,21). The van der Waals surface area contributed by atoms with Crippen LogP contribution in [0.1, 0.15) is 36.8 Å². The topological polar surface area (TPSA) is 49.8 Å². The summed E-state index contributed by atoms with van der Waals surface area (Å²) in [5.74, 6) is 2.07. The summed E-state index contributed by atoms with van der Waals surface area (Å²) < 4.78 is 13.3. The molecule has 1 unspecified atom stereocenters. The summed E-state index contributed by atoms with van der Waals surface area (Å²) in [4.78, 5) is 8.84. The molecule has 21 heavy (non-hydrogen) atoms. The van der Waals surface area contributed by atoms with Gasteiger partial charge in [0.1, 0.15) is 23.3 Å². The Morgan fingerprint density at radius 2 is 1.90 bits per heavy atom. The van der Waals surface area contributed by atoms with Gasteiger partial charge in [-0.05, 0) is 45.4 Å². The maximum atomic E-state index is 13.3. The largest absolute Gasteiger partial charge is 0.370 e. The highest BCUT2D eigenvalue weighted by molar-refractivity contribution is 5.57. The molecule has 112 valence electrons. The highest BCUT2D eigenvalue weighted by atomic mass is 19.1. The third kappa shape index (κ3) is 3.68. The van der Waals surface area contributed by atoms with Gasteiger partial charge >= 0.3 is 0 Å². The van der Waals surface area contributed by atoms with E-state index in [0.29, 0.717) is 5.82 Å². The Kier molecular flexibility index (Phi) is 4.73. The molecule has 2 aromatic rings. The lowest BCUT2D eigenvalue weighted by Gasteiger charge is -2.18. The number of hydrogen-bond donors (Lipinski definition) is 2. The predicted octanol–water partition coefficient (Wildman–Crippen LogP) is 3.84. The van der Waals surface area contributed by atoms with E-state index in [4.69, 9.17) is 0 Å². The minimum atomic E-state index is -0.231. The average molecular weight is 288 g/mol. The Morgan fingerprint density at radius 3 is 2.57 bits per heavy atom. The van der Waals surface area contributed by atoms with Crippen LogP contribution < -0.4 is 10.6 Å². The van der Waals surface area contributed by atoms with E-state index in [9.17, 15) is 4.39 Å². The first kappa shape index (κ1) is 15.2. The van der Waals surface area contributed by atoms with Crippen molar-refractivity contribution in [1.29, 1.82) is 0 Å². The van der Waals surface area contributed by atoms with E-state index in [2.05, 4.69) is 20.6 Å². The minimum Gasteiger partial charge on any atom is -0.370 e. The number of rotatable bonds is 5. The SMILES string of the molecule is CCNc1nc(C)nc(NC(C)c2cccc(F)c2)c1C. The van der Waals surface area contributed by atoms with Crippen LogP contribution in [0.25, 0.3) is 0 Å². The van der Waals surface area contributed by atoms with Crippen molar-refractivity contribution in [3.8, 4) is 0 Å². The van der Waals surface area contributed by atoms with Crippen LogP contribution in [0.2, 0.25) is 0 Å². The molecule has 5 heteroatoms. The van der Waals surface area contributed by atoms with Crippen LogP contribution in [0, 0.1) is 19.7 Å². The van der Waals surface area contributed by atoms with Crippen molar-refractivity contribution in [3.05, 3.63) is 47.0 Å². The molecule has 1 aromatic carbocycles. The minimum absolute atomic E-state index is 0.0387. The second-order valence-corrected chi connectivity index (χ2v) is 5.04. The third-order valence-electron chi connectivity index (χ3n) is 3.30. The molecule has 2 N–H and O–H groups in total. The van der Waals surface area contributed by atoms with Gasteiger partial charge in [0.25, 0.3) is 0 Å². The van der Waals surface area contributed by atoms with Crippen molar-refractivity contribution in [2.24, 2.45) is 0 Å². The zero-order chi connectivity index (χ0) is 15.4. The Hall–Kier alpha value is -2.17. The van der Waals surface area contributed by atoms with Crippen LogP contribution >= 0.6 is 0 Å². The maximum Gasteiger partial charge on any atom is 0.135 e. The van der Waals surface area contributed by atoms with E-state index in [1.54, 1.807) is 6.07 Å². The summed E-state index contributed by atoms with van der Waals surface area (Å²) in [6, 6.07) is 6.55. The molecule has 0 amide bonds. The van der Waals surface area contributed by atoms with Crippen LogP contribution in [0.15, 0.2) is 24.3 Å². The van der Waals surface area contributed by atoms with Gasteiger partial charge < -0.3 is 10.6 Å². The van der Waals surface area contributed by atoms with Gasteiger partial charge in [0.05, 0.1) is 6.04 Å². The summed E-state index contributed by atoms with van der Waals surface area (Å²) in [5, 5.41) is 6.56. The molecule has 4 nitrogen and oxygen atoms in total. The summed E-state index contributed by atoms with van der Waals surface area (Å²) in [6.07, 6.45) is 0. The van der Waals surface area contributed by atoms with Crippen LogP contribution in [0.3, 0.4) is 0 Å².